The molecule has 0 saturated carbocycles. The highest BCUT2D eigenvalue weighted by molar-refractivity contribution is 5.93. The number of aryl methyl sites for hydroxylation is 1. The number of rotatable bonds is 3. The van der Waals surface area contributed by atoms with Gasteiger partial charge in [0.1, 0.15) is 5.69 Å². The van der Waals surface area contributed by atoms with Crippen LogP contribution in [0.2, 0.25) is 0 Å². The summed E-state index contributed by atoms with van der Waals surface area (Å²) in [6.07, 6.45) is 1.41. The first-order valence-electron chi connectivity index (χ1n) is 6.47. The predicted octanol–water partition coefficient (Wildman–Crippen LogP) is 3.93. The molecule has 4 heteroatoms. The number of hydrogen-bond donors (Lipinski definition) is 0. The lowest BCUT2D eigenvalue weighted by Crippen LogP contribution is -2.11. The van der Waals surface area contributed by atoms with E-state index in [-0.39, 0.29) is 11.4 Å². The molecule has 0 radical (unpaired) electrons. The van der Waals surface area contributed by atoms with E-state index in [4.69, 9.17) is 4.74 Å². The number of methoxy groups -OCH3 is 1. The van der Waals surface area contributed by atoms with Crippen molar-refractivity contribution < 1.29 is 13.9 Å². The Balaban J connectivity index is 2.72. The summed E-state index contributed by atoms with van der Waals surface area (Å²) < 4.78 is 19.2. The van der Waals surface area contributed by atoms with Crippen molar-refractivity contribution in [2.75, 3.05) is 7.11 Å². The third-order valence-corrected chi connectivity index (χ3v) is 3.33. The second-order valence-corrected chi connectivity index (χ2v) is 4.72. The molecule has 0 aliphatic rings. The van der Waals surface area contributed by atoms with Crippen LogP contribution >= 0.6 is 0 Å². The number of hydrogen-bond acceptors (Lipinski definition) is 3. The first kappa shape index (κ1) is 14.9. The molecule has 0 bridgehead atoms. The number of aromatic nitrogens is 1. The Kier molecular flexibility index (Phi) is 4.17. The van der Waals surface area contributed by atoms with Gasteiger partial charge in [0.15, 0.2) is 11.5 Å². The van der Waals surface area contributed by atoms with E-state index in [1.54, 1.807) is 19.1 Å². The SMILES string of the molecule is C=Cc1c(C(=O)OC)nc(-c2ccc(C)cc2)c(F)c1C. The van der Waals surface area contributed by atoms with Gasteiger partial charge in [-0.3, -0.25) is 0 Å². The van der Waals surface area contributed by atoms with Gasteiger partial charge in [0.2, 0.25) is 0 Å². The highest BCUT2D eigenvalue weighted by Gasteiger charge is 2.21. The third kappa shape index (κ3) is 2.70. The molecule has 0 atom stereocenters. The third-order valence-electron chi connectivity index (χ3n) is 3.33. The van der Waals surface area contributed by atoms with Gasteiger partial charge in [0.05, 0.1) is 7.11 Å². The number of carbonyl (C=O) groups excluding carboxylic acids is 1. The smallest absolute Gasteiger partial charge is 0.357 e. The van der Waals surface area contributed by atoms with Gasteiger partial charge in [0, 0.05) is 11.1 Å². The van der Waals surface area contributed by atoms with E-state index < -0.39 is 11.8 Å². The summed E-state index contributed by atoms with van der Waals surface area (Å²) in [5.74, 6) is -1.07. The molecule has 0 aliphatic heterocycles. The van der Waals surface area contributed by atoms with Crippen molar-refractivity contribution in [3.63, 3.8) is 0 Å². The van der Waals surface area contributed by atoms with Gasteiger partial charge in [-0.1, -0.05) is 42.5 Å². The van der Waals surface area contributed by atoms with Crippen molar-refractivity contribution in [3.05, 3.63) is 59.0 Å². The van der Waals surface area contributed by atoms with Crippen LogP contribution in [-0.2, 0) is 4.74 Å². The Bertz CT molecular complexity index is 706. The quantitative estimate of drug-likeness (QED) is 0.802. The number of halogens is 1. The van der Waals surface area contributed by atoms with Crippen molar-refractivity contribution in [2.24, 2.45) is 0 Å². The molecule has 0 aliphatic carbocycles. The van der Waals surface area contributed by atoms with Gasteiger partial charge in [-0.25, -0.2) is 14.2 Å². The minimum atomic E-state index is -0.610. The van der Waals surface area contributed by atoms with Crippen molar-refractivity contribution in [1.29, 1.82) is 0 Å². The molecular weight excluding hydrogens is 269 g/mol. The summed E-state index contributed by atoms with van der Waals surface area (Å²) in [4.78, 5) is 16.0. The number of esters is 1. The summed E-state index contributed by atoms with van der Waals surface area (Å²) in [6, 6.07) is 7.28. The maximum Gasteiger partial charge on any atom is 0.357 e. The minimum absolute atomic E-state index is 0.0713. The van der Waals surface area contributed by atoms with Gasteiger partial charge in [0.25, 0.3) is 0 Å². The number of pyridine rings is 1. The van der Waals surface area contributed by atoms with E-state index in [0.29, 0.717) is 16.7 Å². The largest absolute Gasteiger partial charge is 0.464 e. The molecule has 0 amide bonds. The highest BCUT2D eigenvalue weighted by Crippen LogP contribution is 2.28. The number of carbonyl (C=O) groups is 1. The van der Waals surface area contributed by atoms with Gasteiger partial charge in [-0.15, -0.1) is 0 Å². The monoisotopic (exact) mass is 285 g/mol. The van der Waals surface area contributed by atoms with Crippen LogP contribution in [0, 0.1) is 19.7 Å². The number of nitrogens with zero attached hydrogens (tertiary/aromatic N) is 1. The Morgan fingerprint density at radius 1 is 1.29 bits per heavy atom. The van der Waals surface area contributed by atoms with Crippen LogP contribution in [0.15, 0.2) is 30.8 Å². The van der Waals surface area contributed by atoms with Gasteiger partial charge in [-0.05, 0) is 19.4 Å². The number of ether oxygens (including phenoxy) is 1. The summed E-state index contributed by atoms with van der Waals surface area (Å²) in [6.45, 7) is 7.15. The Morgan fingerprint density at radius 2 is 1.90 bits per heavy atom. The van der Waals surface area contributed by atoms with E-state index in [0.717, 1.165) is 5.56 Å². The molecule has 21 heavy (non-hydrogen) atoms. The van der Waals surface area contributed by atoms with Gasteiger partial charge in [-0.2, -0.15) is 0 Å². The molecule has 2 rings (SSSR count). The predicted molar refractivity (Wildman–Crippen MR) is 80.5 cm³/mol. The highest BCUT2D eigenvalue weighted by atomic mass is 19.1. The average Bonchev–Trinajstić information content (AvgIpc) is 2.50. The van der Waals surface area contributed by atoms with Gasteiger partial charge < -0.3 is 4.74 Å². The van der Waals surface area contributed by atoms with Crippen LogP contribution in [0.1, 0.15) is 27.2 Å². The zero-order valence-electron chi connectivity index (χ0n) is 12.2. The molecule has 3 nitrogen and oxygen atoms in total. The van der Waals surface area contributed by atoms with Crippen molar-refractivity contribution in [3.8, 4) is 11.3 Å². The molecule has 108 valence electrons. The van der Waals surface area contributed by atoms with E-state index in [9.17, 15) is 9.18 Å². The standard InChI is InChI=1S/C17H16FNO2/c1-5-13-11(3)14(18)15(19-16(13)17(20)21-4)12-8-6-10(2)7-9-12/h5-9H,1H2,2-4H3. The molecule has 0 saturated heterocycles. The Morgan fingerprint density at radius 3 is 2.43 bits per heavy atom. The lowest BCUT2D eigenvalue weighted by Gasteiger charge is -2.12. The van der Waals surface area contributed by atoms with Crippen LogP contribution in [0.25, 0.3) is 17.3 Å². The van der Waals surface area contributed by atoms with Crippen LogP contribution in [0.3, 0.4) is 0 Å². The van der Waals surface area contributed by atoms with Crippen molar-refractivity contribution in [2.45, 2.75) is 13.8 Å². The maximum absolute atomic E-state index is 14.5. The van der Waals surface area contributed by atoms with E-state index in [1.807, 2.05) is 19.1 Å². The number of benzene rings is 1. The second kappa shape index (κ2) is 5.87. The molecule has 0 N–H and O–H groups in total. The fraction of sp³-hybridized carbons (Fsp3) is 0.176. The summed E-state index contributed by atoms with van der Waals surface area (Å²) >= 11 is 0. The zero-order chi connectivity index (χ0) is 15.6. The fourth-order valence-electron chi connectivity index (χ4n) is 2.10. The van der Waals surface area contributed by atoms with Crippen molar-refractivity contribution in [1.82, 2.24) is 4.98 Å². The Labute approximate surface area is 123 Å². The zero-order valence-corrected chi connectivity index (χ0v) is 12.2. The molecule has 1 aromatic heterocycles. The molecule has 0 unspecified atom stereocenters. The molecule has 0 fully saturated rings. The topological polar surface area (TPSA) is 39.2 Å². The fourth-order valence-corrected chi connectivity index (χ4v) is 2.10. The van der Waals surface area contributed by atoms with Gasteiger partial charge >= 0.3 is 5.97 Å². The van der Waals surface area contributed by atoms with Crippen LogP contribution < -0.4 is 0 Å². The second-order valence-electron chi connectivity index (χ2n) is 4.72. The van der Waals surface area contributed by atoms with Crippen LogP contribution in [-0.4, -0.2) is 18.1 Å². The molecular formula is C17H16FNO2. The first-order valence-corrected chi connectivity index (χ1v) is 6.47. The van der Waals surface area contributed by atoms with E-state index in [1.165, 1.54) is 13.2 Å². The summed E-state index contributed by atoms with van der Waals surface area (Å²) in [5.41, 5.74) is 2.57. The van der Waals surface area contributed by atoms with E-state index >= 15 is 0 Å². The summed E-state index contributed by atoms with van der Waals surface area (Å²) in [7, 11) is 1.27. The van der Waals surface area contributed by atoms with Crippen molar-refractivity contribution >= 4 is 12.0 Å². The average molecular weight is 285 g/mol. The molecule has 1 aromatic carbocycles. The van der Waals surface area contributed by atoms with Crippen LogP contribution in [0.5, 0.6) is 0 Å². The normalized spacial score (nSPS) is 10.3. The maximum atomic E-state index is 14.5. The lowest BCUT2D eigenvalue weighted by atomic mass is 10.0. The molecule has 2 aromatic rings. The lowest BCUT2D eigenvalue weighted by molar-refractivity contribution is 0.0593. The summed E-state index contributed by atoms with van der Waals surface area (Å²) in [5, 5.41) is 0. The molecule has 0 spiro atoms. The molecule has 1 heterocycles. The van der Waals surface area contributed by atoms with E-state index in [2.05, 4.69) is 11.6 Å². The minimum Gasteiger partial charge on any atom is -0.464 e. The first-order chi connectivity index (χ1) is 9.99. The van der Waals surface area contributed by atoms with Crippen LogP contribution in [0.4, 0.5) is 4.39 Å². The Hall–Kier alpha value is -2.49.